The Hall–Kier alpha value is -1.79. The van der Waals surface area contributed by atoms with Gasteiger partial charge in [-0.15, -0.1) is 23.1 Å². The molecule has 2 aromatic rings. The van der Waals surface area contributed by atoms with E-state index in [2.05, 4.69) is 22.2 Å². The first-order valence-corrected chi connectivity index (χ1v) is 8.62. The molecule has 1 aromatic heterocycles. The number of thioether (sulfide) groups is 1. The lowest BCUT2D eigenvalue weighted by Crippen LogP contribution is -2.14. The Morgan fingerprint density at radius 1 is 1.23 bits per heavy atom. The third kappa shape index (κ3) is 4.61. The molecule has 4 nitrogen and oxygen atoms in total. The van der Waals surface area contributed by atoms with E-state index >= 15 is 0 Å². The van der Waals surface area contributed by atoms with E-state index in [-0.39, 0.29) is 5.91 Å². The number of ether oxygens (including phenoxy) is 1. The Kier molecular flexibility index (Phi) is 6.03. The van der Waals surface area contributed by atoms with Crippen LogP contribution in [0.5, 0.6) is 0 Å². The largest absolute Gasteiger partial charge is 0.465 e. The maximum Gasteiger partial charge on any atom is 0.340 e. The van der Waals surface area contributed by atoms with Crippen LogP contribution in [0.2, 0.25) is 0 Å². The standard InChI is InChI=1S/C16H17NO3S2/c1-11-3-5-12(6-4-11)21-10-8-14(18)17-15-13(7-9-22-15)16(19)20-2/h3-7,9H,8,10H2,1-2H3,(H,17,18). The molecule has 0 aliphatic carbocycles. The fraction of sp³-hybridized carbons (Fsp3) is 0.250. The van der Waals surface area contributed by atoms with Crippen LogP contribution in [0.3, 0.4) is 0 Å². The zero-order chi connectivity index (χ0) is 15.9. The van der Waals surface area contributed by atoms with Crippen molar-refractivity contribution < 1.29 is 14.3 Å². The zero-order valence-corrected chi connectivity index (χ0v) is 14.1. The van der Waals surface area contributed by atoms with E-state index in [1.54, 1.807) is 23.2 Å². The van der Waals surface area contributed by atoms with Crippen molar-refractivity contribution >= 4 is 40.0 Å². The second-order valence-electron chi connectivity index (χ2n) is 4.61. The summed E-state index contributed by atoms with van der Waals surface area (Å²) in [6, 6.07) is 9.85. The zero-order valence-electron chi connectivity index (χ0n) is 12.4. The van der Waals surface area contributed by atoms with E-state index in [9.17, 15) is 9.59 Å². The number of aryl methyl sites for hydroxylation is 1. The minimum atomic E-state index is -0.439. The number of benzene rings is 1. The van der Waals surface area contributed by atoms with Crippen LogP contribution in [-0.4, -0.2) is 24.7 Å². The number of hydrogen-bond acceptors (Lipinski definition) is 5. The Morgan fingerprint density at radius 3 is 2.64 bits per heavy atom. The molecule has 1 N–H and O–H groups in total. The van der Waals surface area contributed by atoms with Crippen molar-refractivity contribution in [2.45, 2.75) is 18.2 Å². The molecule has 2 rings (SSSR count). The summed E-state index contributed by atoms with van der Waals surface area (Å²) in [5, 5.41) is 5.06. The first kappa shape index (κ1) is 16.6. The highest BCUT2D eigenvalue weighted by molar-refractivity contribution is 7.99. The molecule has 1 aromatic carbocycles. The van der Waals surface area contributed by atoms with Crippen molar-refractivity contribution in [1.82, 2.24) is 0 Å². The van der Waals surface area contributed by atoms with E-state index in [0.29, 0.717) is 22.7 Å². The van der Waals surface area contributed by atoms with Gasteiger partial charge in [0.15, 0.2) is 0 Å². The second-order valence-corrected chi connectivity index (χ2v) is 6.70. The molecule has 0 unspecified atom stereocenters. The highest BCUT2D eigenvalue weighted by atomic mass is 32.2. The minimum Gasteiger partial charge on any atom is -0.465 e. The molecule has 6 heteroatoms. The van der Waals surface area contributed by atoms with Gasteiger partial charge in [0, 0.05) is 17.1 Å². The predicted molar refractivity (Wildman–Crippen MR) is 90.8 cm³/mol. The van der Waals surface area contributed by atoms with E-state index in [1.165, 1.54) is 24.0 Å². The van der Waals surface area contributed by atoms with Gasteiger partial charge in [-0.25, -0.2) is 4.79 Å². The summed E-state index contributed by atoms with van der Waals surface area (Å²) >= 11 is 2.95. The molecule has 0 saturated carbocycles. The number of rotatable bonds is 6. The molecule has 116 valence electrons. The van der Waals surface area contributed by atoms with Crippen LogP contribution in [-0.2, 0) is 9.53 Å². The number of methoxy groups -OCH3 is 1. The van der Waals surface area contributed by atoms with Gasteiger partial charge in [0.25, 0.3) is 0 Å². The van der Waals surface area contributed by atoms with E-state index in [0.717, 1.165) is 4.90 Å². The average molecular weight is 335 g/mol. The lowest BCUT2D eigenvalue weighted by atomic mass is 10.2. The Bertz CT molecular complexity index is 650. The SMILES string of the molecule is COC(=O)c1ccsc1NC(=O)CCSc1ccc(C)cc1. The first-order chi connectivity index (χ1) is 10.6. The van der Waals surface area contributed by atoms with Gasteiger partial charge in [0.05, 0.1) is 12.7 Å². The average Bonchev–Trinajstić information content (AvgIpc) is 2.96. The van der Waals surface area contributed by atoms with Gasteiger partial charge in [0.2, 0.25) is 5.91 Å². The summed E-state index contributed by atoms with van der Waals surface area (Å²) in [5.41, 5.74) is 1.61. The number of hydrogen-bond donors (Lipinski definition) is 1. The van der Waals surface area contributed by atoms with Crippen molar-refractivity contribution in [2.24, 2.45) is 0 Å². The maximum absolute atomic E-state index is 11.9. The summed E-state index contributed by atoms with van der Waals surface area (Å²) in [4.78, 5) is 24.6. The highest BCUT2D eigenvalue weighted by Crippen LogP contribution is 2.24. The second kappa shape index (κ2) is 8.00. The molecule has 0 aliphatic heterocycles. The minimum absolute atomic E-state index is 0.104. The molecule has 0 spiro atoms. The van der Waals surface area contributed by atoms with Crippen molar-refractivity contribution in [3.63, 3.8) is 0 Å². The quantitative estimate of drug-likeness (QED) is 0.641. The molecule has 0 atom stereocenters. The van der Waals surface area contributed by atoms with Crippen molar-refractivity contribution in [2.75, 3.05) is 18.2 Å². The number of anilines is 1. The lowest BCUT2D eigenvalue weighted by Gasteiger charge is -2.05. The molecule has 0 saturated heterocycles. The summed E-state index contributed by atoms with van der Waals surface area (Å²) < 4.78 is 4.68. The van der Waals surface area contributed by atoms with Gasteiger partial charge < -0.3 is 10.1 Å². The van der Waals surface area contributed by atoms with Crippen LogP contribution < -0.4 is 5.32 Å². The number of amides is 1. The molecule has 22 heavy (non-hydrogen) atoms. The molecular formula is C16H17NO3S2. The summed E-state index contributed by atoms with van der Waals surface area (Å²) in [7, 11) is 1.32. The molecular weight excluding hydrogens is 318 g/mol. The fourth-order valence-corrected chi connectivity index (χ4v) is 3.40. The number of thiophene rings is 1. The highest BCUT2D eigenvalue weighted by Gasteiger charge is 2.15. The molecule has 0 fully saturated rings. The number of carbonyl (C=O) groups excluding carboxylic acids is 2. The Labute approximate surface area is 137 Å². The van der Waals surface area contributed by atoms with Gasteiger partial charge in [0.1, 0.15) is 5.00 Å². The molecule has 1 amide bonds. The predicted octanol–water partition coefficient (Wildman–Crippen LogP) is 3.96. The Morgan fingerprint density at radius 2 is 1.95 bits per heavy atom. The summed E-state index contributed by atoms with van der Waals surface area (Å²) in [6.07, 6.45) is 0.386. The van der Waals surface area contributed by atoms with Crippen molar-refractivity contribution in [3.8, 4) is 0 Å². The fourth-order valence-electron chi connectivity index (χ4n) is 1.76. The lowest BCUT2D eigenvalue weighted by molar-refractivity contribution is -0.115. The molecule has 0 radical (unpaired) electrons. The van der Waals surface area contributed by atoms with Gasteiger partial charge in [-0.2, -0.15) is 0 Å². The summed E-state index contributed by atoms with van der Waals surface area (Å²) in [5.74, 6) is 0.145. The number of nitrogens with one attached hydrogen (secondary N) is 1. The third-order valence-corrected chi connectivity index (χ3v) is 4.79. The van der Waals surface area contributed by atoms with E-state index in [4.69, 9.17) is 0 Å². The first-order valence-electron chi connectivity index (χ1n) is 6.75. The van der Waals surface area contributed by atoms with Crippen LogP contribution in [0.25, 0.3) is 0 Å². The smallest absolute Gasteiger partial charge is 0.340 e. The van der Waals surface area contributed by atoms with Crippen molar-refractivity contribution in [3.05, 3.63) is 46.8 Å². The van der Waals surface area contributed by atoms with Gasteiger partial charge in [-0.1, -0.05) is 17.7 Å². The molecule has 0 aliphatic rings. The van der Waals surface area contributed by atoms with Crippen LogP contribution in [0, 0.1) is 6.92 Å². The summed E-state index contributed by atoms with van der Waals surface area (Å²) in [6.45, 7) is 2.04. The van der Waals surface area contributed by atoms with Crippen LogP contribution in [0.1, 0.15) is 22.3 Å². The molecule has 0 bridgehead atoms. The number of esters is 1. The third-order valence-electron chi connectivity index (χ3n) is 2.94. The van der Waals surface area contributed by atoms with E-state index < -0.39 is 5.97 Å². The van der Waals surface area contributed by atoms with E-state index in [1.807, 2.05) is 19.1 Å². The maximum atomic E-state index is 11.9. The van der Waals surface area contributed by atoms with Crippen LogP contribution >= 0.6 is 23.1 Å². The van der Waals surface area contributed by atoms with Crippen molar-refractivity contribution in [1.29, 1.82) is 0 Å². The van der Waals surface area contributed by atoms with Crippen LogP contribution in [0.4, 0.5) is 5.00 Å². The molecule has 1 heterocycles. The normalized spacial score (nSPS) is 10.3. The van der Waals surface area contributed by atoms with Gasteiger partial charge >= 0.3 is 5.97 Å². The number of carbonyl (C=O) groups is 2. The van der Waals surface area contributed by atoms with Gasteiger partial charge in [-0.3, -0.25) is 4.79 Å². The topological polar surface area (TPSA) is 55.4 Å². The Balaban J connectivity index is 1.82. The van der Waals surface area contributed by atoms with Gasteiger partial charge in [-0.05, 0) is 30.5 Å². The van der Waals surface area contributed by atoms with Crippen LogP contribution in [0.15, 0.2) is 40.6 Å². The monoisotopic (exact) mass is 335 g/mol.